The Morgan fingerprint density at radius 1 is 1.41 bits per heavy atom. The molecule has 0 saturated carbocycles. The van der Waals surface area contributed by atoms with Crippen molar-refractivity contribution < 1.29 is 0 Å². The molecule has 0 radical (unpaired) electrons. The largest absolute Gasteiger partial charge is 0.314 e. The number of nitrogens with zero attached hydrogens (tertiary/aromatic N) is 1. The van der Waals surface area contributed by atoms with E-state index < -0.39 is 0 Å². The highest BCUT2D eigenvalue weighted by atomic mass is 79.9. The van der Waals surface area contributed by atoms with E-state index in [-0.39, 0.29) is 0 Å². The molecule has 0 unspecified atom stereocenters. The number of hydrogen-bond donors (Lipinski definition) is 1. The van der Waals surface area contributed by atoms with E-state index in [0.717, 1.165) is 6.54 Å². The van der Waals surface area contributed by atoms with Gasteiger partial charge in [-0.25, -0.2) is 0 Å². The van der Waals surface area contributed by atoms with Crippen LogP contribution in [0.15, 0.2) is 14.3 Å². The van der Waals surface area contributed by atoms with Crippen molar-refractivity contribution in [2.75, 3.05) is 20.1 Å². The van der Waals surface area contributed by atoms with Crippen LogP contribution < -0.4 is 5.32 Å². The van der Waals surface area contributed by atoms with Gasteiger partial charge in [0.15, 0.2) is 0 Å². The highest BCUT2D eigenvalue weighted by molar-refractivity contribution is 9.13. The minimum Gasteiger partial charge on any atom is -0.314 e. The molecule has 0 aromatic carbocycles. The van der Waals surface area contributed by atoms with Gasteiger partial charge in [0.1, 0.15) is 0 Å². The third-order valence-electron chi connectivity index (χ3n) is 3.64. The summed E-state index contributed by atoms with van der Waals surface area (Å²) in [6.07, 6.45) is 2.47. The standard InChI is InChI=1S/C12H18Br2N2S/c1-12(15-2)3-5-16(6-4-12)8-9-7-10(13)11(14)17-9/h7,15H,3-6,8H2,1-2H3. The molecular formula is C12H18Br2N2S. The van der Waals surface area contributed by atoms with Crippen LogP contribution in [0.4, 0.5) is 0 Å². The zero-order chi connectivity index (χ0) is 12.5. The smallest absolute Gasteiger partial charge is 0.0843 e. The molecule has 0 spiro atoms. The summed E-state index contributed by atoms with van der Waals surface area (Å²) in [6, 6.07) is 2.22. The van der Waals surface area contributed by atoms with Crippen molar-refractivity contribution in [3.8, 4) is 0 Å². The summed E-state index contributed by atoms with van der Waals surface area (Å²) in [5.41, 5.74) is 0.340. The number of likely N-dealkylation sites (tertiary alicyclic amines) is 1. The molecule has 0 atom stereocenters. The van der Waals surface area contributed by atoms with Gasteiger partial charge >= 0.3 is 0 Å². The predicted octanol–water partition coefficient (Wildman–Crippen LogP) is 3.85. The number of piperidine rings is 1. The second-order valence-corrected chi connectivity index (χ2v) is 8.23. The number of halogens is 2. The fourth-order valence-electron chi connectivity index (χ4n) is 2.14. The van der Waals surface area contributed by atoms with Crippen LogP contribution in [0.3, 0.4) is 0 Å². The van der Waals surface area contributed by atoms with E-state index in [4.69, 9.17) is 0 Å². The lowest BCUT2D eigenvalue weighted by molar-refractivity contribution is 0.147. The Morgan fingerprint density at radius 3 is 2.53 bits per heavy atom. The van der Waals surface area contributed by atoms with Gasteiger partial charge in [0, 0.05) is 34.5 Å². The average Bonchev–Trinajstić information content (AvgIpc) is 2.62. The fourth-order valence-corrected chi connectivity index (χ4v) is 4.36. The molecule has 5 heteroatoms. The number of hydrogen-bond acceptors (Lipinski definition) is 3. The molecule has 1 fully saturated rings. The van der Waals surface area contributed by atoms with Gasteiger partial charge in [-0.15, -0.1) is 11.3 Å². The van der Waals surface area contributed by atoms with E-state index in [1.54, 1.807) is 0 Å². The van der Waals surface area contributed by atoms with Crippen molar-refractivity contribution in [2.45, 2.75) is 31.8 Å². The Morgan fingerprint density at radius 2 is 2.06 bits per heavy atom. The summed E-state index contributed by atoms with van der Waals surface area (Å²) in [7, 11) is 2.07. The van der Waals surface area contributed by atoms with Crippen LogP contribution in [-0.4, -0.2) is 30.6 Å². The van der Waals surface area contributed by atoms with Crippen LogP contribution in [0.1, 0.15) is 24.6 Å². The highest BCUT2D eigenvalue weighted by Gasteiger charge is 2.28. The minimum atomic E-state index is 0.340. The molecule has 96 valence electrons. The van der Waals surface area contributed by atoms with Crippen LogP contribution in [0.25, 0.3) is 0 Å². The van der Waals surface area contributed by atoms with Crippen LogP contribution in [0.5, 0.6) is 0 Å². The van der Waals surface area contributed by atoms with Gasteiger partial charge in [0.25, 0.3) is 0 Å². The zero-order valence-corrected chi connectivity index (χ0v) is 14.2. The third-order valence-corrected chi connectivity index (χ3v) is 6.88. The van der Waals surface area contributed by atoms with Crippen molar-refractivity contribution in [2.24, 2.45) is 0 Å². The highest BCUT2D eigenvalue weighted by Crippen LogP contribution is 2.33. The second-order valence-electron chi connectivity index (χ2n) is 4.92. The Hall–Kier alpha value is 0.580. The van der Waals surface area contributed by atoms with E-state index in [1.165, 1.54) is 39.1 Å². The topological polar surface area (TPSA) is 15.3 Å². The van der Waals surface area contributed by atoms with Crippen molar-refractivity contribution in [1.82, 2.24) is 10.2 Å². The molecule has 2 heterocycles. The SMILES string of the molecule is CNC1(C)CCN(Cc2cc(Br)c(Br)s2)CC1. The summed E-state index contributed by atoms with van der Waals surface area (Å²) in [4.78, 5) is 3.97. The second kappa shape index (κ2) is 5.70. The average molecular weight is 382 g/mol. The molecule has 17 heavy (non-hydrogen) atoms. The lowest BCUT2D eigenvalue weighted by Gasteiger charge is -2.39. The van der Waals surface area contributed by atoms with E-state index in [2.05, 4.69) is 62.1 Å². The van der Waals surface area contributed by atoms with Crippen LogP contribution in [0, 0.1) is 0 Å². The Balaban J connectivity index is 1.90. The van der Waals surface area contributed by atoms with Gasteiger partial charge in [0.2, 0.25) is 0 Å². The first kappa shape index (κ1) is 14.0. The molecular weight excluding hydrogens is 364 g/mol. The Bertz CT molecular complexity index is 364. The molecule has 1 N–H and O–H groups in total. The fraction of sp³-hybridized carbons (Fsp3) is 0.667. The number of rotatable bonds is 3. The summed E-state index contributed by atoms with van der Waals surface area (Å²) < 4.78 is 2.37. The quantitative estimate of drug-likeness (QED) is 0.855. The first-order valence-electron chi connectivity index (χ1n) is 5.87. The van der Waals surface area contributed by atoms with Gasteiger partial charge in [-0.1, -0.05) is 0 Å². The van der Waals surface area contributed by atoms with E-state index in [0.29, 0.717) is 5.54 Å². The molecule has 2 nitrogen and oxygen atoms in total. The third kappa shape index (κ3) is 3.53. The molecule has 2 rings (SSSR count). The normalized spacial score (nSPS) is 20.7. The van der Waals surface area contributed by atoms with Gasteiger partial charge in [-0.05, 0) is 64.7 Å². The maximum Gasteiger partial charge on any atom is 0.0843 e. The lowest BCUT2D eigenvalue weighted by atomic mass is 9.90. The van der Waals surface area contributed by atoms with Crippen molar-refractivity contribution in [1.29, 1.82) is 0 Å². The molecule has 1 aromatic heterocycles. The maximum absolute atomic E-state index is 3.55. The predicted molar refractivity (Wildman–Crippen MR) is 81.7 cm³/mol. The Kier molecular flexibility index (Phi) is 4.69. The van der Waals surface area contributed by atoms with Crippen molar-refractivity contribution >= 4 is 43.2 Å². The summed E-state index contributed by atoms with van der Waals surface area (Å²) in [5, 5.41) is 3.44. The first-order valence-corrected chi connectivity index (χ1v) is 8.28. The van der Waals surface area contributed by atoms with Crippen LogP contribution >= 0.6 is 43.2 Å². The van der Waals surface area contributed by atoms with Gasteiger partial charge in [-0.2, -0.15) is 0 Å². The van der Waals surface area contributed by atoms with E-state index in [1.807, 2.05) is 11.3 Å². The van der Waals surface area contributed by atoms with Crippen molar-refractivity contribution in [3.63, 3.8) is 0 Å². The van der Waals surface area contributed by atoms with E-state index in [9.17, 15) is 0 Å². The monoisotopic (exact) mass is 380 g/mol. The summed E-state index contributed by atoms with van der Waals surface area (Å²) >= 11 is 8.92. The van der Waals surface area contributed by atoms with Gasteiger partial charge in [-0.3, -0.25) is 4.90 Å². The minimum absolute atomic E-state index is 0.340. The maximum atomic E-state index is 3.55. The number of nitrogens with one attached hydrogen (secondary N) is 1. The van der Waals surface area contributed by atoms with Crippen molar-refractivity contribution in [3.05, 3.63) is 19.2 Å². The zero-order valence-electron chi connectivity index (χ0n) is 10.2. The van der Waals surface area contributed by atoms with Gasteiger partial charge in [0.05, 0.1) is 3.79 Å². The lowest BCUT2D eigenvalue weighted by Crippen LogP contribution is -2.49. The van der Waals surface area contributed by atoms with Crippen LogP contribution in [0.2, 0.25) is 0 Å². The van der Waals surface area contributed by atoms with Crippen LogP contribution in [-0.2, 0) is 6.54 Å². The molecule has 0 bridgehead atoms. The molecule has 1 saturated heterocycles. The molecule has 1 aromatic rings. The summed E-state index contributed by atoms with van der Waals surface area (Å²) in [5.74, 6) is 0. The summed E-state index contributed by atoms with van der Waals surface area (Å²) in [6.45, 7) is 5.77. The van der Waals surface area contributed by atoms with E-state index >= 15 is 0 Å². The first-order chi connectivity index (χ1) is 8.02. The Labute approximate surface area is 124 Å². The molecule has 1 aliphatic heterocycles. The molecule has 1 aliphatic rings. The molecule has 0 aliphatic carbocycles. The molecule has 0 amide bonds. The number of thiophene rings is 1. The van der Waals surface area contributed by atoms with Gasteiger partial charge < -0.3 is 5.32 Å².